The second kappa shape index (κ2) is 6.89. The molecule has 3 heteroatoms. The van der Waals surface area contributed by atoms with E-state index in [0.29, 0.717) is 6.54 Å². The number of carbonyl (C=O) groups is 1. The van der Waals surface area contributed by atoms with Crippen molar-refractivity contribution in [3.63, 3.8) is 0 Å². The molecule has 1 fully saturated rings. The van der Waals surface area contributed by atoms with Crippen molar-refractivity contribution in [2.24, 2.45) is 11.8 Å². The fraction of sp³-hybridized carbons (Fsp3) is 0.588. The summed E-state index contributed by atoms with van der Waals surface area (Å²) >= 11 is 0. The number of rotatable bonds is 4. The maximum Gasteiger partial charge on any atom is 0.279 e. The molecule has 1 aliphatic rings. The number of nitrogens with one attached hydrogen (secondary N) is 2. The number of carbonyl (C=O) groups excluding carboxylic acids is 1. The summed E-state index contributed by atoms with van der Waals surface area (Å²) in [5, 5.41) is 3.01. The molecule has 0 bridgehead atoms. The topological polar surface area (TPSA) is 33.5 Å². The Kier molecular flexibility index (Phi) is 5.18. The number of anilines is 1. The summed E-state index contributed by atoms with van der Waals surface area (Å²) in [6.07, 6.45) is 2.32. The number of piperidine rings is 1. The second-order valence-corrected chi connectivity index (χ2v) is 6.38. The number of benzene rings is 1. The summed E-state index contributed by atoms with van der Waals surface area (Å²) in [6, 6.07) is 8.14. The van der Waals surface area contributed by atoms with Gasteiger partial charge in [0.25, 0.3) is 5.91 Å². The van der Waals surface area contributed by atoms with Crippen LogP contribution in [0.4, 0.5) is 5.69 Å². The van der Waals surface area contributed by atoms with E-state index in [2.05, 4.69) is 38.2 Å². The standard InChI is InChI=1S/C17H26N2O/c1-4-15-5-7-16(8-6-15)18-17(20)12-19-10-13(2)9-14(3)11-19/h5-8,13-14H,4,9-12H2,1-3H3,(H,18,20)/p+1/t13-,14-/m1/s1. The van der Waals surface area contributed by atoms with Crippen LogP contribution >= 0.6 is 0 Å². The van der Waals surface area contributed by atoms with Gasteiger partial charge in [-0.15, -0.1) is 0 Å². The molecule has 20 heavy (non-hydrogen) atoms. The highest BCUT2D eigenvalue weighted by atomic mass is 16.2. The molecule has 0 aromatic heterocycles. The molecule has 0 unspecified atom stereocenters. The third-order valence-corrected chi connectivity index (χ3v) is 4.14. The average molecular weight is 275 g/mol. The molecule has 1 saturated heterocycles. The van der Waals surface area contributed by atoms with E-state index in [1.165, 1.54) is 16.9 Å². The Morgan fingerprint density at radius 1 is 1.20 bits per heavy atom. The molecule has 2 rings (SSSR count). The summed E-state index contributed by atoms with van der Waals surface area (Å²) in [4.78, 5) is 13.5. The smallest absolute Gasteiger partial charge is 0.279 e. The van der Waals surface area contributed by atoms with Gasteiger partial charge in [-0.1, -0.05) is 32.9 Å². The lowest BCUT2D eigenvalue weighted by Gasteiger charge is -2.31. The van der Waals surface area contributed by atoms with Crippen molar-refractivity contribution < 1.29 is 9.69 Å². The first-order valence-corrected chi connectivity index (χ1v) is 7.79. The van der Waals surface area contributed by atoms with Gasteiger partial charge in [-0.3, -0.25) is 4.79 Å². The molecule has 2 N–H and O–H groups in total. The Morgan fingerprint density at radius 2 is 1.80 bits per heavy atom. The number of hydrogen-bond acceptors (Lipinski definition) is 1. The summed E-state index contributed by atoms with van der Waals surface area (Å²) in [5.74, 6) is 1.58. The molecule has 3 nitrogen and oxygen atoms in total. The average Bonchev–Trinajstić information content (AvgIpc) is 2.38. The van der Waals surface area contributed by atoms with Crippen molar-refractivity contribution in [3.05, 3.63) is 29.8 Å². The highest BCUT2D eigenvalue weighted by Gasteiger charge is 2.26. The van der Waals surface area contributed by atoms with Gasteiger partial charge in [0.2, 0.25) is 0 Å². The Balaban J connectivity index is 1.85. The Morgan fingerprint density at radius 3 is 2.35 bits per heavy atom. The van der Waals surface area contributed by atoms with Crippen molar-refractivity contribution in [3.8, 4) is 0 Å². The number of amides is 1. The molecular formula is C17H27N2O+. The van der Waals surface area contributed by atoms with E-state index in [1.54, 1.807) is 0 Å². The summed E-state index contributed by atoms with van der Waals surface area (Å²) in [7, 11) is 0. The molecule has 1 amide bonds. The van der Waals surface area contributed by atoms with Crippen LogP contribution in [0.1, 0.15) is 32.8 Å². The zero-order chi connectivity index (χ0) is 14.5. The van der Waals surface area contributed by atoms with E-state index in [4.69, 9.17) is 0 Å². The van der Waals surface area contributed by atoms with Crippen LogP contribution in [-0.2, 0) is 11.2 Å². The van der Waals surface area contributed by atoms with Crippen molar-refractivity contribution in [2.45, 2.75) is 33.6 Å². The molecule has 1 aromatic rings. The predicted octanol–water partition coefficient (Wildman–Crippen LogP) is 1.75. The first-order chi connectivity index (χ1) is 9.56. The minimum Gasteiger partial charge on any atom is -0.327 e. The molecule has 1 heterocycles. The van der Waals surface area contributed by atoms with Crippen LogP contribution in [0.15, 0.2) is 24.3 Å². The molecule has 110 valence electrons. The molecule has 2 atom stereocenters. The third-order valence-electron chi connectivity index (χ3n) is 4.14. The monoisotopic (exact) mass is 275 g/mol. The van der Waals surface area contributed by atoms with E-state index >= 15 is 0 Å². The van der Waals surface area contributed by atoms with Gasteiger partial charge in [0.05, 0.1) is 13.1 Å². The van der Waals surface area contributed by atoms with Gasteiger partial charge in [-0.25, -0.2) is 0 Å². The van der Waals surface area contributed by atoms with Crippen LogP contribution in [0.25, 0.3) is 0 Å². The normalized spacial score (nSPS) is 26.2. The molecule has 1 aliphatic heterocycles. The first-order valence-electron chi connectivity index (χ1n) is 7.79. The third kappa shape index (κ3) is 4.34. The maximum absolute atomic E-state index is 12.1. The van der Waals surface area contributed by atoms with Crippen molar-refractivity contribution in [1.29, 1.82) is 0 Å². The lowest BCUT2D eigenvalue weighted by molar-refractivity contribution is -0.904. The van der Waals surface area contributed by atoms with Gasteiger partial charge in [0.1, 0.15) is 0 Å². The lowest BCUT2D eigenvalue weighted by Crippen LogP contribution is -3.15. The summed E-state index contributed by atoms with van der Waals surface area (Å²) in [6.45, 7) is 9.53. The molecule has 1 aromatic carbocycles. The van der Waals surface area contributed by atoms with Crippen molar-refractivity contribution in [1.82, 2.24) is 0 Å². The van der Waals surface area contributed by atoms with Crippen LogP contribution in [0, 0.1) is 11.8 Å². The van der Waals surface area contributed by atoms with Gasteiger partial charge in [0, 0.05) is 17.5 Å². The van der Waals surface area contributed by atoms with Crippen LogP contribution in [0.5, 0.6) is 0 Å². The summed E-state index contributed by atoms with van der Waals surface area (Å²) < 4.78 is 0. The molecular weight excluding hydrogens is 248 g/mol. The van der Waals surface area contributed by atoms with E-state index in [1.807, 2.05) is 12.1 Å². The molecule has 0 spiro atoms. The number of likely N-dealkylation sites (tertiary alicyclic amines) is 1. The van der Waals surface area contributed by atoms with Gasteiger partial charge in [0.15, 0.2) is 6.54 Å². The van der Waals surface area contributed by atoms with E-state index in [9.17, 15) is 4.79 Å². The van der Waals surface area contributed by atoms with Gasteiger partial charge >= 0.3 is 0 Å². The van der Waals surface area contributed by atoms with E-state index in [-0.39, 0.29) is 5.91 Å². The fourth-order valence-corrected chi connectivity index (χ4v) is 3.32. The van der Waals surface area contributed by atoms with Gasteiger partial charge in [-0.2, -0.15) is 0 Å². The van der Waals surface area contributed by atoms with Crippen molar-refractivity contribution in [2.75, 3.05) is 25.0 Å². The SMILES string of the molecule is CCc1ccc(NC(=O)C[NH+]2C[C@H](C)C[C@@H](C)C2)cc1. The Hall–Kier alpha value is -1.35. The minimum absolute atomic E-state index is 0.130. The number of quaternary nitrogens is 1. The molecule has 0 saturated carbocycles. The largest absolute Gasteiger partial charge is 0.327 e. The highest BCUT2D eigenvalue weighted by molar-refractivity contribution is 5.91. The zero-order valence-electron chi connectivity index (χ0n) is 12.9. The van der Waals surface area contributed by atoms with Crippen LogP contribution in [-0.4, -0.2) is 25.5 Å². The Labute approximate surface area is 122 Å². The van der Waals surface area contributed by atoms with Crippen LogP contribution in [0.3, 0.4) is 0 Å². The minimum atomic E-state index is 0.130. The maximum atomic E-state index is 12.1. The zero-order valence-corrected chi connectivity index (χ0v) is 12.9. The van der Waals surface area contributed by atoms with Crippen LogP contribution in [0.2, 0.25) is 0 Å². The molecule has 0 radical (unpaired) electrons. The van der Waals surface area contributed by atoms with E-state index < -0.39 is 0 Å². The highest BCUT2D eigenvalue weighted by Crippen LogP contribution is 2.12. The van der Waals surface area contributed by atoms with Crippen LogP contribution < -0.4 is 10.2 Å². The predicted molar refractivity (Wildman–Crippen MR) is 83.0 cm³/mol. The lowest BCUT2D eigenvalue weighted by atomic mass is 9.92. The second-order valence-electron chi connectivity index (χ2n) is 6.38. The number of aryl methyl sites for hydroxylation is 1. The quantitative estimate of drug-likeness (QED) is 0.862. The number of hydrogen-bond donors (Lipinski definition) is 2. The molecule has 0 aliphatic carbocycles. The van der Waals surface area contributed by atoms with Gasteiger partial charge < -0.3 is 10.2 Å². The first kappa shape index (κ1) is 15.0. The van der Waals surface area contributed by atoms with Crippen molar-refractivity contribution >= 4 is 11.6 Å². The summed E-state index contributed by atoms with van der Waals surface area (Å²) in [5.41, 5.74) is 2.21. The van der Waals surface area contributed by atoms with Gasteiger partial charge in [-0.05, 0) is 30.5 Å². The Bertz CT molecular complexity index is 431. The van der Waals surface area contributed by atoms with E-state index in [0.717, 1.165) is 37.0 Å². The fourth-order valence-electron chi connectivity index (χ4n) is 3.32.